The maximum Gasteiger partial charge on any atom is 0.416 e. The minimum Gasteiger partial charge on any atom is -0.456 e. The number of aromatic nitrogens is 1. The molecule has 1 aromatic carbocycles. The minimum atomic E-state index is -4.43. The summed E-state index contributed by atoms with van der Waals surface area (Å²) in [5.74, 6) is -0.686. The summed E-state index contributed by atoms with van der Waals surface area (Å²) >= 11 is 3.00. The van der Waals surface area contributed by atoms with Crippen LogP contribution in [0.5, 0.6) is 0 Å². The second-order valence-corrected chi connectivity index (χ2v) is 6.45. The molecule has 0 saturated carbocycles. The molecule has 0 N–H and O–H groups in total. The van der Waals surface area contributed by atoms with Crippen molar-refractivity contribution in [3.63, 3.8) is 0 Å². The second kappa shape index (κ2) is 6.74. The van der Waals surface area contributed by atoms with Gasteiger partial charge >= 0.3 is 12.1 Å². The van der Waals surface area contributed by atoms with Gasteiger partial charge in [0.2, 0.25) is 0 Å². The van der Waals surface area contributed by atoms with E-state index in [2.05, 4.69) is 4.98 Å². The van der Waals surface area contributed by atoms with Crippen molar-refractivity contribution in [1.82, 2.24) is 4.98 Å². The summed E-state index contributed by atoms with van der Waals surface area (Å²) in [5, 5.41) is 6.53. The fourth-order valence-corrected chi connectivity index (χ4v) is 3.43. The predicted molar refractivity (Wildman–Crippen MR) is 86.0 cm³/mol. The zero-order valence-corrected chi connectivity index (χ0v) is 13.7. The molecule has 0 aliphatic rings. The first-order chi connectivity index (χ1) is 11.4. The van der Waals surface area contributed by atoms with E-state index in [-0.39, 0.29) is 12.2 Å². The van der Waals surface area contributed by atoms with Crippen LogP contribution in [-0.2, 0) is 17.5 Å². The number of hydrogen-bond acceptors (Lipinski definition) is 5. The topological polar surface area (TPSA) is 39.2 Å². The van der Waals surface area contributed by atoms with E-state index in [0.717, 1.165) is 34.8 Å². The summed E-state index contributed by atoms with van der Waals surface area (Å²) in [4.78, 5) is 16.3. The van der Waals surface area contributed by atoms with Gasteiger partial charge in [-0.25, -0.2) is 9.78 Å². The van der Waals surface area contributed by atoms with Crippen molar-refractivity contribution in [2.75, 3.05) is 0 Å². The molecule has 0 saturated heterocycles. The molecule has 0 bridgehead atoms. The van der Waals surface area contributed by atoms with Crippen LogP contribution in [0.4, 0.5) is 13.2 Å². The third kappa shape index (κ3) is 3.82. The van der Waals surface area contributed by atoms with Crippen molar-refractivity contribution in [3.05, 3.63) is 63.3 Å². The Morgan fingerprint density at radius 3 is 2.50 bits per heavy atom. The standard InChI is InChI=1S/C16H10F3NO2S2/c17-16(18,19)12-3-1-10(2-4-12)15(21)22-7-13-9-24-14(20-13)11-5-6-23-8-11/h1-6,8-9H,7H2. The molecule has 0 unspecified atom stereocenters. The number of halogens is 3. The molecule has 3 rings (SSSR count). The summed E-state index contributed by atoms with van der Waals surface area (Å²) in [6.45, 7) is -0.0273. The van der Waals surface area contributed by atoms with Gasteiger partial charge < -0.3 is 4.74 Å². The molecule has 0 fully saturated rings. The third-order valence-electron chi connectivity index (χ3n) is 3.12. The Hall–Kier alpha value is -2.19. The van der Waals surface area contributed by atoms with E-state index >= 15 is 0 Å². The third-order valence-corrected chi connectivity index (χ3v) is 4.74. The van der Waals surface area contributed by atoms with E-state index in [1.165, 1.54) is 11.3 Å². The number of benzene rings is 1. The van der Waals surface area contributed by atoms with E-state index in [1.807, 2.05) is 16.8 Å². The van der Waals surface area contributed by atoms with Crippen LogP contribution in [0, 0.1) is 0 Å². The normalized spacial score (nSPS) is 11.5. The zero-order valence-electron chi connectivity index (χ0n) is 12.0. The van der Waals surface area contributed by atoms with Crippen molar-refractivity contribution in [2.45, 2.75) is 12.8 Å². The zero-order chi connectivity index (χ0) is 17.2. The van der Waals surface area contributed by atoms with E-state index in [4.69, 9.17) is 4.74 Å². The highest BCUT2D eigenvalue weighted by atomic mass is 32.1. The molecule has 2 heterocycles. The largest absolute Gasteiger partial charge is 0.456 e. The Bertz CT molecular complexity index is 824. The van der Waals surface area contributed by atoms with Gasteiger partial charge in [-0.2, -0.15) is 24.5 Å². The average Bonchev–Trinajstić information content (AvgIpc) is 3.23. The van der Waals surface area contributed by atoms with Crippen LogP contribution in [0.2, 0.25) is 0 Å². The van der Waals surface area contributed by atoms with Crippen molar-refractivity contribution in [2.24, 2.45) is 0 Å². The highest BCUT2D eigenvalue weighted by Crippen LogP contribution is 2.29. The van der Waals surface area contributed by atoms with Crippen molar-refractivity contribution in [1.29, 1.82) is 0 Å². The summed E-state index contributed by atoms with van der Waals surface area (Å²) < 4.78 is 42.6. The lowest BCUT2D eigenvalue weighted by molar-refractivity contribution is -0.137. The van der Waals surface area contributed by atoms with Gasteiger partial charge in [-0.15, -0.1) is 11.3 Å². The van der Waals surface area contributed by atoms with Crippen molar-refractivity contribution >= 4 is 28.6 Å². The Kier molecular flexibility index (Phi) is 4.68. The first-order valence-corrected chi connectivity index (χ1v) is 8.57. The molecule has 3 nitrogen and oxygen atoms in total. The first-order valence-electron chi connectivity index (χ1n) is 6.75. The molecule has 3 aromatic rings. The number of rotatable bonds is 4. The van der Waals surface area contributed by atoms with Crippen LogP contribution in [0.1, 0.15) is 21.6 Å². The molecular formula is C16H10F3NO2S2. The van der Waals surface area contributed by atoms with Crippen LogP contribution in [0.3, 0.4) is 0 Å². The fraction of sp³-hybridized carbons (Fsp3) is 0.125. The van der Waals surface area contributed by atoms with Crippen molar-refractivity contribution in [3.8, 4) is 10.6 Å². The molecular weight excluding hydrogens is 359 g/mol. The van der Waals surface area contributed by atoms with Crippen molar-refractivity contribution < 1.29 is 22.7 Å². The van der Waals surface area contributed by atoms with Crippen LogP contribution in [0.25, 0.3) is 10.6 Å². The maximum atomic E-state index is 12.5. The lowest BCUT2D eigenvalue weighted by atomic mass is 10.1. The van der Waals surface area contributed by atoms with E-state index in [9.17, 15) is 18.0 Å². The van der Waals surface area contributed by atoms with Gasteiger partial charge in [0.1, 0.15) is 11.6 Å². The number of carbonyl (C=O) groups is 1. The molecule has 124 valence electrons. The monoisotopic (exact) mass is 369 g/mol. The molecule has 8 heteroatoms. The molecule has 24 heavy (non-hydrogen) atoms. The number of alkyl halides is 3. The maximum absolute atomic E-state index is 12.5. The summed E-state index contributed by atoms with van der Waals surface area (Å²) in [7, 11) is 0. The van der Waals surface area contributed by atoms with Gasteiger partial charge in [-0.1, -0.05) is 0 Å². The SMILES string of the molecule is O=C(OCc1csc(-c2ccsc2)n1)c1ccc(C(F)(F)F)cc1. The van der Waals surface area contributed by atoms with E-state index in [1.54, 1.807) is 16.7 Å². The average molecular weight is 369 g/mol. The van der Waals surface area contributed by atoms with E-state index in [0.29, 0.717) is 5.69 Å². The Morgan fingerprint density at radius 2 is 1.88 bits per heavy atom. The molecule has 2 aromatic heterocycles. The molecule has 0 spiro atoms. The van der Waals surface area contributed by atoms with Crippen LogP contribution < -0.4 is 0 Å². The van der Waals surface area contributed by atoms with Gasteiger partial charge in [-0.05, 0) is 35.7 Å². The second-order valence-electron chi connectivity index (χ2n) is 4.81. The number of thiophene rings is 1. The summed E-state index contributed by atoms with van der Waals surface area (Å²) in [5.41, 5.74) is 0.863. The Balaban J connectivity index is 1.61. The van der Waals surface area contributed by atoms with Gasteiger partial charge in [0.15, 0.2) is 0 Å². The smallest absolute Gasteiger partial charge is 0.416 e. The number of hydrogen-bond donors (Lipinski definition) is 0. The minimum absolute atomic E-state index is 0.0273. The molecule has 0 radical (unpaired) electrons. The number of carbonyl (C=O) groups excluding carboxylic acids is 1. The predicted octanol–water partition coefficient (Wildman–Crippen LogP) is 5.25. The van der Waals surface area contributed by atoms with Gasteiger partial charge in [0, 0.05) is 16.3 Å². The van der Waals surface area contributed by atoms with Crippen LogP contribution in [-0.4, -0.2) is 11.0 Å². The quantitative estimate of drug-likeness (QED) is 0.590. The lowest BCUT2D eigenvalue weighted by Gasteiger charge is -2.07. The number of thiazole rings is 1. The van der Waals surface area contributed by atoms with Crippen LogP contribution in [0.15, 0.2) is 46.5 Å². The number of esters is 1. The number of nitrogens with zero attached hydrogens (tertiary/aromatic N) is 1. The van der Waals surface area contributed by atoms with Crippen LogP contribution >= 0.6 is 22.7 Å². The van der Waals surface area contributed by atoms with Gasteiger partial charge in [0.05, 0.1) is 16.8 Å². The van der Waals surface area contributed by atoms with Gasteiger partial charge in [-0.3, -0.25) is 0 Å². The lowest BCUT2D eigenvalue weighted by Crippen LogP contribution is -2.08. The highest BCUT2D eigenvalue weighted by Gasteiger charge is 2.30. The van der Waals surface area contributed by atoms with Gasteiger partial charge in [0.25, 0.3) is 0 Å². The fourth-order valence-electron chi connectivity index (χ4n) is 1.91. The Morgan fingerprint density at radius 1 is 1.12 bits per heavy atom. The molecule has 0 amide bonds. The molecule has 0 aliphatic heterocycles. The molecule has 0 atom stereocenters. The van der Waals surface area contributed by atoms with E-state index < -0.39 is 17.7 Å². The summed E-state index contributed by atoms with van der Waals surface area (Å²) in [6.07, 6.45) is -4.43. The highest BCUT2D eigenvalue weighted by molar-refractivity contribution is 7.14. The first kappa shape index (κ1) is 16.7. The summed E-state index contributed by atoms with van der Waals surface area (Å²) in [6, 6.07) is 5.86. The Labute approximate surface area is 143 Å². The molecule has 0 aliphatic carbocycles. The number of ether oxygens (including phenoxy) is 1.